The lowest BCUT2D eigenvalue weighted by atomic mass is 10.2. The lowest BCUT2D eigenvalue weighted by Gasteiger charge is -2.24. The van der Waals surface area contributed by atoms with Crippen LogP contribution in [0.1, 0.15) is 20.8 Å². The molecule has 0 aromatic carbocycles. The van der Waals surface area contributed by atoms with Gasteiger partial charge in [0.15, 0.2) is 0 Å². The third kappa shape index (κ3) is 5.38. The first kappa shape index (κ1) is 11.1. The fourth-order valence-corrected chi connectivity index (χ4v) is 2.04. The van der Waals surface area contributed by atoms with Crippen LogP contribution in [-0.2, 0) is 18.0 Å². The zero-order valence-corrected chi connectivity index (χ0v) is 9.86. The van der Waals surface area contributed by atoms with E-state index in [1.54, 1.807) is 7.11 Å². The van der Waals surface area contributed by atoms with Crippen LogP contribution >= 0.6 is 0 Å². The summed E-state index contributed by atoms with van der Waals surface area (Å²) in [5, 5.41) is 0. The van der Waals surface area contributed by atoms with Crippen LogP contribution < -0.4 is 0 Å². The average molecular weight is 206 g/mol. The molecule has 0 radical (unpaired) electrons. The van der Waals surface area contributed by atoms with Gasteiger partial charge >= 0.3 is 9.53 Å². The molecule has 2 unspecified atom stereocenters. The van der Waals surface area contributed by atoms with Crippen molar-refractivity contribution < 1.29 is 18.0 Å². The van der Waals surface area contributed by atoms with Crippen LogP contribution in [0.4, 0.5) is 0 Å². The summed E-state index contributed by atoms with van der Waals surface area (Å²) in [5.74, 6) is 0. The first-order chi connectivity index (χ1) is 6.01. The van der Waals surface area contributed by atoms with Crippen molar-refractivity contribution in [1.29, 1.82) is 0 Å². The van der Waals surface area contributed by atoms with Gasteiger partial charge in [-0.15, -0.1) is 0 Å². The molecule has 5 heteroatoms. The molecule has 2 atom stereocenters. The smallest absolute Gasteiger partial charge is 0.379 e. The summed E-state index contributed by atoms with van der Waals surface area (Å²) in [6.07, 6.45) is 0.272. The number of rotatable bonds is 5. The van der Waals surface area contributed by atoms with Crippen LogP contribution in [0.25, 0.3) is 0 Å². The number of hydrogen-bond acceptors (Lipinski definition) is 4. The maximum atomic E-state index is 5.60. The summed E-state index contributed by atoms with van der Waals surface area (Å²) in [5.41, 5.74) is -0.197. The molecule has 1 heterocycles. The Bertz CT molecular complexity index is 153. The van der Waals surface area contributed by atoms with Crippen molar-refractivity contribution in [3.8, 4) is 0 Å². The molecule has 0 aromatic rings. The average Bonchev–Trinajstić information content (AvgIpc) is 2.78. The summed E-state index contributed by atoms with van der Waals surface area (Å²) in [4.78, 5) is 0. The third-order valence-corrected chi connectivity index (χ3v) is 3.21. The number of hydrogen-bond donors (Lipinski definition) is 0. The lowest BCUT2D eigenvalue weighted by Crippen LogP contribution is -2.35. The van der Waals surface area contributed by atoms with Crippen LogP contribution in [0.3, 0.4) is 0 Å². The minimum absolute atomic E-state index is 0.197. The van der Waals surface area contributed by atoms with E-state index in [1.165, 1.54) is 0 Å². The molecule has 0 spiro atoms. The summed E-state index contributed by atoms with van der Waals surface area (Å²) < 4.78 is 21.2. The molecule has 0 N–H and O–H groups in total. The largest absolute Gasteiger partial charge is 0.484 e. The minimum Gasteiger partial charge on any atom is -0.379 e. The quantitative estimate of drug-likeness (QED) is 0.487. The lowest BCUT2D eigenvalue weighted by molar-refractivity contribution is 0.0297. The van der Waals surface area contributed by atoms with Gasteiger partial charge < -0.3 is 18.0 Å². The van der Waals surface area contributed by atoms with Crippen molar-refractivity contribution in [3.05, 3.63) is 0 Å². The van der Waals surface area contributed by atoms with Crippen LogP contribution in [-0.4, -0.2) is 41.6 Å². The molecule has 0 aliphatic carbocycles. The van der Waals surface area contributed by atoms with Gasteiger partial charge in [-0.3, -0.25) is 0 Å². The second-order valence-electron chi connectivity index (χ2n) is 4.04. The Kier molecular flexibility index (Phi) is 3.87. The highest BCUT2D eigenvalue weighted by atomic mass is 28.3. The molecule has 1 rings (SSSR count). The third-order valence-electron chi connectivity index (χ3n) is 1.46. The topological polar surface area (TPSA) is 40.2 Å². The molecule has 0 aromatic heterocycles. The molecule has 0 saturated carbocycles. The molecule has 0 bridgehead atoms. The predicted molar refractivity (Wildman–Crippen MR) is 50.7 cm³/mol. The van der Waals surface area contributed by atoms with E-state index in [0.29, 0.717) is 6.61 Å². The van der Waals surface area contributed by atoms with Gasteiger partial charge in [-0.05, 0) is 20.8 Å². The highest BCUT2D eigenvalue weighted by Gasteiger charge is 2.28. The predicted octanol–water partition coefficient (Wildman–Crippen LogP) is 0.580. The molecule has 1 aliphatic rings. The second kappa shape index (κ2) is 4.52. The van der Waals surface area contributed by atoms with Crippen LogP contribution in [0.5, 0.6) is 0 Å². The SMILES string of the molecule is CO[SiH](OCC1CO1)OC(C)(C)C. The van der Waals surface area contributed by atoms with E-state index in [4.69, 9.17) is 18.0 Å². The normalized spacial score (nSPS) is 24.5. The monoisotopic (exact) mass is 206 g/mol. The fourth-order valence-electron chi connectivity index (χ4n) is 0.789. The first-order valence-electron chi connectivity index (χ1n) is 4.45. The van der Waals surface area contributed by atoms with Gasteiger partial charge in [-0.25, -0.2) is 0 Å². The molecule has 1 aliphatic heterocycles. The molecule has 78 valence electrons. The summed E-state index contributed by atoms with van der Waals surface area (Å²) in [7, 11) is -0.313. The Morgan fingerprint density at radius 3 is 2.46 bits per heavy atom. The Morgan fingerprint density at radius 1 is 1.46 bits per heavy atom. The van der Waals surface area contributed by atoms with E-state index in [0.717, 1.165) is 6.61 Å². The zero-order chi connectivity index (χ0) is 9.90. The number of epoxide rings is 1. The maximum absolute atomic E-state index is 5.60. The van der Waals surface area contributed by atoms with Crippen molar-refractivity contribution >= 4 is 9.53 Å². The van der Waals surface area contributed by atoms with E-state index in [1.807, 2.05) is 20.8 Å². The summed E-state index contributed by atoms with van der Waals surface area (Å²) in [6.45, 7) is 7.37. The highest BCUT2D eigenvalue weighted by molar-refractivity contribution is 6.36. The molecule has 13 heavy (non-hydrogen) atoms. The van der Waals surface area contributed by atoms with Crippen molar-refractivity contribution in [1.82, 2.24) is 0 Å². The van der Waals surface area contributed by atoms with Gasteiger partial charge in [0.05, 0.1) is 18.8 Å². The first-order valence-corrected chi connectivity index (χ1v) is 5.86. The molecule has 1 saturated heterocycles. The molecule has 0 amide bonds. The Morgan fingerprint density at radius 2 is 2.08 bits per heavy atom. The minimum atomic E-state index is -1.93. The van der Waals surface area contributed by atoms with Crippen molar-refractivity contribution in [2.75, 3.05) is 20.3 Å². The van der Waals surface area contributed by atoms with Gasteiger partial charge in [0, 0.05) is 7.11 Å². The molecular formula is C8H18O4Si. The standard InChI is InChI=1S/C8H18O4Si/c1-8(2,3)12-13(9-4)11-6-7-5-10-7/h7,13H,5-6H2,1-4H3. The van der Waals surface area contributed by atoms with Crippen LogP contribution in [0.2, 0.25) is 0 Å². The van der Waals surface area contributed by atoms with Gasteiger partial charge in [0.25, 0.3) is 0 Å². The van der Waals surface area contributed by atoms with Gasteiger partial charge in [0.1, 0.15) is 6.10 Å². The summed E-state index contributed by atoms with van der Waals surface area (Å²) in [6, 6.07) is 0. The Hall–Kier alpha value is 0.0569. The van der Waals surface area contributed by atoms with Crippen LogP contribution in [0, 0.1) is 0 Å². The molecule has 4 nitrogen and oxygen atoms in total. The number of ether oxygens (including phenoxy) is 1. The maximum Gasteiger partial charge on any atom is 0.484 e. The van der Waals surface area contributed by atoms with Crippen molar-refractivity contribution in [2.24, 2.45) is 0 Å². The van der Waals surface area contributed by atoms with Gasteiger partial charge in [-0.1, -0.05) is 0 Å². The zero-order valence-electron chi connectivity index (χ0n) is 8.70. The second-order valence-corrected chi connectivity index (χ2v) is 5.66. The van der Waals surface area contributed by atoms with E-state index in [9.17, 15) is 0 Å². The van der Waals surface area contributed by atoms with E-state index >= 15 is 0 Å². The Balaban J connectivity index is 2.16. The Labute approximate surface area is 81.1 Å². The fraction of sp³-hybridized carbons (Fsp3) is 1.00. The molecule has 1 fully saturated rings. The summed E-state index contributed by atoms with van der Waals surface area (Å²) >= 11 is 0. The van der Waals surface area contributed by atoms with Crippen LogP contribution in [0.15, 0.2) is 0 Å². The van der Waals surface area contributed by atoms with E-state index in [2.05, 4.69) is 0 Å². The molecular weight excluding hydrogens is 188 g/mol. The van der Waals surface area contributed by atoms with Crippen molar-refractivity contribution in [2.45, 2.75) is 32.5 Å². The van der Waals surface area contributed by atoms with E-state index in [-0.39, 0.29) is 11.7 Å². The van der Waals surface area contributed by atoms with E-state index < -0.39 is 9.53 Å². The highest BCUT2D eigenvalue weighted by Crippen LogP contribution is 2.13. The van der Waals surface area contributed by atoms with Crippen molar-refractivity contribution in [3.63, 3.8) is 0 Å². The van der Waals surface area contributed by atoms with Gasteiger partial charge in [-0.2, -0.15) is 0 Å². The van der Waals surface area contributed by atoms with Gasteiger partial charge in [0.2, 0.25) is 0 Å².